The van der Waals surface area contributed by atoms with Crippen LogP contribution >= 0.6 is 11.3 Å². The topological polar surface area (TPSA) is 109 Å². The first kappa shape index (κ1) is 22.5. The van der Waals surface area contributed by atoms with E-state index in [1.807, 2.05) is 4.90 Å². The third-order valence-corrected chi connectivity index (χ3v) is 5.99. The van der Waals surface area contributed by atoms with Crippen LogP contribution in [0, 0.1) is 15.9 Å². The van der Waals surface area contributed by atoms with Crippen molar-refractivity contribution in [3.05, 3.63) is 75.4 Å². The first-order valence-electron chi connectivity index (χ1n) is 10.2. The van der Waals surface area contributed by atoms with Gasteiger partial charge in [-0.3, -0.25) is 24.6 Å². The molecule has 4 rings (SSSR count). The number of carbonyl (C=O) groups is 2. The van der Waals surface area contributed by atoms with E-state index in [2.05, 4.69) is 10.3 Å². The number of amides is 2. The van der Waals surface area contributed by atoms with E-state index in [1.165, 1.54) is 41.7 Å². The maximum absolute atomic E-state index is 13.9. The number of aromatic nitrogens is 1. The van der Waals surface area contributed by atoms with Gasteiger partial charge in [0.1, 0.15) is 5.82 Å². The van der Waals surface area contributed by atoms with E-state index < -0.39 is 10.7 Å². The van der Waals surface area contributed by atoms with Gasteiger partial charge in [0.25, 0.3) is 11.6 Å². The Balaban J connectivity index is 1.29. The molecule has 0 bridgehead atoms. The predicted octanol–water partition coefficient (Wildman–Crippen LogP) is 3.25. The van der Waals surface area contributed by atoms with Crippen LogP contribution in [0.15, 0.2) is 53.9 Å². The number of nitro benzene ring substituents is 1. The fourth-order valence-electron chi connectivity index (χ4n) is 3.52. The van der Waals surface area contributed by atoms with Gasteiger partial charge in [-0.2, -0.15) is 0 Å². The third kappa shape index (κ3) is 5.38. The molecule has 2 aromatic carbocycles. The smallest absolute Gasteiger partial charge is 0.270 e. The van der Waals surface area contributed by atoms with Gasteiger partial charge in [0.05, 0.1) is 22.7 Å². The molecule has 1 aliphatic heterocycles. The minimum Gasteiger partial charge on any atom is -0.336 e. The lowest BCUT2D eigenvalue weighted by molar-refractivity contribution is -0.384. The Morgan fingerprint density at radius 2 is 1.88 bits per heavy atom. The Morgan fingerprint density at radius 3 is 2.61 bits per heavy atom. The molecule has 0 radical (unpaired) electrons. The summed E-state index contributed by atoms with van der Waals surface area (Å²) >= 11 is 1.23. The molecule has 0 saturated carbocycles. The number of nitrogens with zero attached hydrogens (tertiary/aromatic N) is 4. The second kappa shape index (κ2) is 9.84. The summed E-state index contributed by atoms with van der Waals surface area (Å²) < 4.78 is 13.9. The molecule has 2 amide bonds. The molecule has 1 saturated heterocycles. The van der Waals surface area contributed by atoms with E-state index in [0.29, 0.717) is 42.6 Å². The molecule has 170 valence electrons. The number of hydrogen-bond donors (Lipinski definition) is 1. The first-order valence-corrected chi connectivity index (χ1v) is 11.0. The van der Waals surface area contributed by atoms with Crippen LogP contribution in [0.1, 0.15) is 10.4 Å². The number of benzene rings is 2. The van der Waals surface area contributed by atoms with Crippen LogP contribution in [-0.2, 0) is 4.79 Å². The summed E-state index contributed by atoms with van der Waals surface area (Å²) in [6.45, 7) is 1.91. The van der Waals surface area contributed by atoms with Crippen molar-refractivity contribution in [3.8, 4) is 11.3 Å². The van der Waals surface area contributed by atoms with Crippen molar-refractivity contribution < 1.29 is 18.9 Å². The highest BCUT2D eigenvalue weighted by atomic mass is 32.1. The van der Waals surface area contributed by atoms with Crippen molar-refractivity contribution >= 4 is 34.0 Å². The van der Waals surface area contributed by atoms with Crippen LogP contribution in [0.4, 0.5) is 15.2 Å². The monoisotopic (exact) mass is 469 g/mol. The first-order chi connectivity index (χ1) is 15.9. The minimum atomic E-state index is -0.544. The molecule has 1 N–H and O–H groups in total. The Labute approximate surface area is 192 Å². The second-order valence-electron chi connectivity index (χ2n) is 7.44. The van der Waals surface area contributed by atoms with Crippen molar-refractivity contribution in [2.45, 2.75) is 0 Å². The highest BCUT2D eigenvalue weighted by Crippen LogP contribution is 2.27. The second-order valence-corrected chi connectivity index (χ2v) is 8.30. The molecular formula is C22H20FN5O4S. The van der Waals surface area contributed by atoms with Gasteiger partial charge >= 0.3 is 0 Å². The average Bonchev–Trinajstić information content (AvgIpc) is 3.28. The molecule has 0 unspecified atom stereocenters. The van der Waals surface area contributed by atoms with E-state index in [9.17, 15) is 24.1 Å². The number of non-ortho nitro benzene ring substituents is 1. The largest absolute Gasteiger partial charge is 0.336 e. The Bertz CT molecular complexity index is 1190. The lowest BCUT2D eigenvalue weighted by Crippen LogP contribution is -2.50. The van der Waals surface area contributed by atoms with E-state index in [-0.39, 0.29) is 29.6 Å². The molecule has 11 heteroatoms. The summed E-state index contributed by atoms with van der Waals surface area (Å²) in [5, 5.41) is 15.8. The molecular weight excluding hydrogens is 449 g/mol. The standard InChI is InChI=1S/C22H20FN5O4S/c23-18-7-2-1-6-17(18)21(30)27-10-8-26(9-11-27)13-20(29)25-22-24-19(14-33-22)15-4-3-5-16(12-15)28(31)32/h1-7,12,14H,8-11,13H2,(H,24,25,29). The Morgan fingerprint density at radius 1 is 1.12 bits per heavy atom. The lowest BCUT2D eigenvalue weighted by Gasteiger charge is -2.34. The maximum atomic E-state index is 13.9. The fraction of sp³-hybridized carbons (Fsp3) is 0.227. The molecule has 1 aliphatic rings. The average molecular weight is 469 g/mol. The summed E-state index contributed by atoms with van der Waals surface area (Å²) in [6, 6.07) is 12.0. The van der Waals surface area contributed by atoms with Crippen LogP contribution in [0.2, 0.25) is 0 Å². The third-order valence-electron chi connectivity index (χ3n) is 5.23. The number of carbonyl (C=O) groups excluding carboxylic acids is 2. The molecule has 33 heavy (non-hydrogen) atoms. The van der Waals surface area contributed by atoms with Gasteiger partial charge in [0, 0.05) is 49.3 Å². The number of nitrogens with one attached hydrogen (secondary N) is 1. The summed E-state index contributed by atoms with van der Waals surface area (Å²) in [5.74, 6) is -1.14. The molecule has 3 aromatic rings. The van der Waals surface area contributed by atoms with Gasteiger partial charge in [-0.25, -0.2) is 9.37 Å². The number of anilines is 1. The van der Waals surface area contributed by atoms with Crippen LogP contribution in [0.5, 0.6) is 0 Å². The van der Waals surface area contributed by atoms with Crippen LogP contribution in [0.3, 0.4) is 0 Å². The van der Waals surface area contributed by atoms with E-state index in [1.54, 1.807) is 28.5 Å². The van der Waals surface area contributed by atoms with Gasteiger partial charge in [-0.15, -0.1) is 11.3 Å². The zero-order valence-corrected chi connectivity index (χ0v) is 18.3. The number of rotatable bonds is 6. The SMILES string of the molecule is O=C(CN1CCN(C(=O)c2ccccc2F)CC1)Nc1nc(-c2cccc([N+](=O)[O-])c2)cs1. The van der Waals surface area contributed by atoms with Crippen molar-refractivity contribution in [3.63, 3.8) is 0 Å². The fourth-order valence-corrected chi connectivity index (χ4v) is 4.25. The quantitative estimate of drug-likeness (QED) is 0.439. The van der Waals surface area contributed by atoms with E-state index in [4.69, 9.17) is 0 Å². The zero-order chi connectivity index (χ0) is 23.4. The van der Waals surface area contributed by atoms with Crippen LogP contribution < -0.4 is 5.32 Å². The summed E-state index contributed by atoms with van der Waals surface area (Å²) in [5.41, 5.74) is 1.15. The minimum absolute atomic E-state index is 0.0290. The van der Waals surface area contributed by atoms with Gasteiger partial charge < -0.3 is 10.2 Å². The van der Waals surface area contributed by atoms with E-state index >= 15 is 0 Å². The molecule has 0 atom stereocenters. The molecule has 0 spiro atoms. The van der Waals surface area contributed by atoms with Gasteiger partial charge in [0.15, 0.2) is 5.13 Å². The zero-order valence-electron chi connectivity index (χ0n) is 17.4. The van der Waals surface area contributed by atoms with Gasteiger partial charge in [-0.05, 0) is 12.1 Å². The van der Waals surface area contributed by atoms with Crippen molar-refractivity contribution in [2.24, 2.45) is 0 Å². The highest BCUT2D eigenvalue weighted by molar-refractivity contribution is 7.14. The van der Waals surface area contributed by atoms with Crippen LogP contribution in [-0.4, -0.2) is 64.2 Å². The van der Waals surface area contributed by atoms with E-state index in [0.717, 1.165) is 0 Å². The highest BCUT2D eigenvalue weighted by Gasteiger charge is 2.25. The summed E-state index contributed by atoms with van der Waals surface area (Å²) in [7, 11) is 0. The number of nitro groups is 1. The lowest BCUT2D eigenvalue weighted by atomic mass is 10.1. The molecule has 1 aromatic heterocycles. The van der Waals surface area contributed by atoms with Gasteiger partial charge in [0.2, 0.25) is 5.91 Å². The molecule has 0 aliphatic carbocycles. The molecule has 9 nitrogen and oxygen atoms in total. The number of thiazole rings is 1. The summed E-state index contributed by atoms with van der Waals surface area (Å²) in [6.07, 6.45) is 0. The van der Waals surface area contributed by atoms with Gasteiger partial charge in [-0.1, -0.05) is 24.3 Å². The Kier molecular flexibility index (Phi) is 6.71. The van der Waals surface area contributed by atoms with Crippen molar-refractivity contribution in [2.75, 3.05) is 38.0 Å². The summed E-state index contributed by atoms with van der Waals surface area (Å²) in [4.78, 5) is 43.3. The number of halogens is 1. The predicted molar refractivity (Wildman–Crippen MR) is 122 cm³/mol. The molecule has 1 fully saturated rings. The normalized spacial score (nSPS) is 14.2. The molecule has 2 heterocycles. The van der Waals surface area contributed by atoms with Crippen LogP contribution in [0.25, 0.3) is 11.3 Å². The number of hydrogen-bond acceptors (Lipinski definition) is 7. The maximum Gasteiger partial charge on any atom is 0.270 e. The van der Waals surface area contributed by atoms with Crippen molar-refractivity contribution in [1.82, 2.24) is 14.8 Å². The number of piperazine rings is 1. The Hall–Kier alpha value is -3.70. The van der Waals surface area contributed by atoms with Crippen molar-refractivity contribution in [1.29, 1.82) is 0 Å².